The van der Waals surface area contributed by atoms with Crippen LogP contribution < -0.4 is 5.32 Å². The molecule has 0 aliphatic heterocycles. The van der Waals surface area contributed by atoms with Crippen molar-refractivity contribution in [3.8, 4) is 0 Å². The minimum Gasteiger partial charge on any atom is -0.453 e. The molecule has 18 heavy (non-hydrogen) atoms. The fraction of sp³-hybridized carbons (Fsp3) is 0.733. The van der Waals surface area contributed by atoms with Crippen molar-refractivity contribution in [3.05, 3.63) is 22.6 Å². The highest BCUT2D eigenvalue weighted by atomic mass is 79.9. The zero-order valence-corrected chi connectivity index (χ0v) is 13.8. The highest BCUT2D eigenvalue weighted by Crippen LogP contribution is 2.34. The van der Waals surface area contributed by atoms with Gasteiger partial charge in [0, 0.05) is 0 Å². The number of nitrogens with one attached hydrogen (secondary N) is 1. The molecule has 2 unspecified atom stereocenters. The molecular weight excluding hydrogens is 290 g/mol. The lowest BCUT2D eigenvalue weighted by Gasteiger charge is -2.30. The Balaban J connectivity index is 2.73. The lowest BCUT2D eigenvalue weighted by molar-refractivity contribution is 0.213. The number of hydrogen-bond acceptors (Lipinski definition) is 2. The molecule has 104 valence electrons. The van der Waals surface area contributed by atoms with Crippen LogP contribution in [0, 0.1) is 11.3 Å². The predicted molar refractivity (Wildman–Crippen MR) is 80.7 cm³/mol. The van der Waals surface area contributed by atoms with Crippen LogP contribution in [0.15, 0.2) is 21.2 Å². The van der Waals surface area contributed by atoms with Crippen molar-refractivity contribution in [2.24, 2.45) is 11.3 Å². The van der Waals surface area contributed by atoms with E-state index in [1.165, 1.54) is 0 Å². The summed E-state index contributed by atoms with van der Waals surface area (Å²) in [6.07, 6.45) is 2.24. The molecule has 0 radical (unpaired) electrons. The molecular formula is C15H26BrNO. The van der Waals surface area contributed by atoms with E-state index >= 15 is 0 Å². The van der Waals surface area contributed by atoms with E-state index < -0.39 is 0 Å². The molecule has 1 aromatic heterocycles. The normalized spacial score (nSPS) is 15.7. The third-order valence-electron chi connectivity index (χ3n) is 3.65. The van der Waals surface area contributed by atoms with Crippen LogP contribution in [-0.2, 0) is 0 Å². The van der Waals surface area contributed by atoms with Crippen molar-refractivity contribution >= 4 is 15.9 Å². The second-order valence-corrected chi connectivity index (χ2v) is 6.93. The predicted octanol–water partition coefficient (Wildman–Crippen LogP) is 5.16. The fourth-order valence-corrected chi connectivity index (χ4v) is 2.16. The van der Waals surface area contributed by atoms with Gasteiger partial charge < -0.3 is 9.73 Å². The maximum Gasteiger partial charge on any atom is 0.169 e. The molecule has 0 amide bonds. The van der Waals surface area contributed by atoms with E-state index in [1.54, 1.807) is 0 Å². The zero-order valence-electron chi connectivity index (χ0n) is 12.2. The van der Waals surface area contributed by atoms with Gasteiger partial charge in [0.15, 0.2) is 4.67 Å². The Morgan fingerprint density at radius 1 is 1.33 bits per heavy atom. The zero-order chi connectivity index (χ0) is 13.8. The molecule has 1 rings (SSSR count). The molecule has 1 heterocycles. The monoisotopic (exact) mass is 315 g/mol. The number of hydrogen-bond donors (Lipinski definition) is 1. The summed E-state index contributed by atoms with van der Waals surface area (Å²) in [4.78, 5) is 0. The first-order valence-corrected chi connectivity index (χ1v) is 7.62. The summed E-state index contributed by atoms with van der Waals surface area (Å²) < 4.78 is 6.52. The summed E-state index contributed by atoms with van der Waals surface area (Å²) in [6, 6.07) is 4.34. The van der Waals surface area contributed by atoms with Gasteiger partial charge in [0.25, 0.3) is 0 Å². The molecule has 0 bridgehead atoms. The van der Waals surface area contributed by atoms with Gasteiger partial charge in [-0.15, -0.1) is 0 Å². The van der Waals surface area contributed by atoms with Crippen LogP contribution in [0.3, 0.4) is 0 Å². The summed E-state index contributed by atoms with van der Waals surface area (Å²) in [5, 5.41) is 3.59. The summed E-state index contributed by atoms with van der Waals surface area (Å²) in [5.74, 6) is 1.67. The molecule has 0 saturated carbocycles. The van der Waals surface area contributed by atoms with Crippen LogP contribution in [0.5, 0.6) is 0 Å². The van der Waals surface area contributed by atoms with E-state index in [0.29, 0.717) is 17.4 Å². The molecule has 0 aromatic carbocycles. The molecule has 0 saturated heterocycles. The van der Waals surface area contributed by atoms with Crippen molar-refractivity contribution in [3.63, 3.8) is 0 Å². The lowest BCUT2D eigenvalue weighted by atomic mass is 9.78. The smallest absolute Gasteiger partial charge is 0.169 e. The summed E-state index contributed by atoms with van der Waals surface area (Å²) in [5.41, 5.74) is 0.329. The molecule has 2 atom stereocenters. The van der Waals surface area contributed by atoms with Crippen molar-refractivity contribution in [1.29, 1.82) is 0 Å². The second kappa shape index (κ2) is 6.76. The van der Waals surface area contributed by atoms with Crippen LogP contribution in [0.25, 0.3) is 0 Å². The number of furan rings is 1. The maximum atomic E-state index is 5.71. The third-order valence-corrected chi connectivity index (χ3v) is 4.07. The number of halogens is 1. The molecule has 1 N–H and O–H groups in total. The largest absolute Gasteiger partial charge is 0.453 e. The van der Waals surface area contributed by atoms with Gasteiger partial charge in [-0.1, -0.05) is 34.6 Å². The van der Waals surface area contributed by atoms with E-state index in [4.69, 9.17) is 4.42 Å². The van der Waals surface area contributed by atoms with Crippen LogP contribution in [-0.4, -0.2) is 6.54 Å². The SMILES string of the molecule is CCCNC(CC(C)C(C)(C)C)c1ccc(Br)o1. The minimum atomic E-state index is 0.311. The first-order valence-electron chi connectivity index (χ1n) is 6.83. The quantitative estimate of drug-likeness (QED) is 0.784. The van der Waals surface area contributed by atoms with E-state index in [2.05, 4.69) is 61.9 Å². The molecule has 3 heteroatoms. The van der Waals surface area contributed by atoms with Crippen LogP contribution in [0.4, 0.5) is 0 Å². The minimum absolute atomic E-state index is 0.311. The van der Waals surface area contributed by atoms with Gasteiger partial charge in [-0.2, -0.15) is 0 Å². The van der Waals surface area contributed by atoms with E-state index in [-0.39, 0.29) is 0 Å². The molecule has 2 nitrogen and oxygen atoms in total. The molecule has 0 fully saturated rings. The van der Waals surface area contributed by atoms with Crippen molar-refractivity contribution in [2.45, 2.75) is 53.5 Å². The van der Waals surface area contributed by atoms with E-state index in [9.17, 15) is 0 Å². The highest BCUT2D eigenvalue weighted by Gasteiger charge is 2.25. The van der Waals surface area contributed by atoms with Crippen LogP contribution >= 0.6 is 15.9 Å². The van der Waals surface area contributed by atoms with Gasteiger partial charge in [0.05, 0.1) is 6.04 Å². The van der Waals surface area contributed by atoms with Crippen molar-refractivity contribution in [2.75, 3.05) is 6.54 Å². The van der Waals surface area contributed by atoms with Gasteiger partial charge in [-0.25, -0.2) is 0 Å². The Hall–Kier alpha value is -0.280. The number of rotatable bonds is 6. The second-order valence-electron chi connectivity index (χ2n) is 6.15. The van der Waals surface area contributed by atoms with Crippen molar-refractivity contribution in [1.82, 2.24) is 5.32 Å². The molecule has 0 aliphatic rings. The third kappa shape index (κ3) is 4.77. The van der Waals surface area contributed by atoms with Gasteiger partial charge in [0.1, 0.15) is 5.76 Å². The Bertz CT molecular complexity index is 354. The summed E-state index contributed by atoms with van der Waals surface area (Å²) in [7, 11) is 0. The van der Waals surface area contributed by atoms with E-state index in [0.717, 1.165) is 29.8 Å². The molecule has 0 aliphatic carbocycles. The Labute approximate surface area is 120 Å². The van der Waals surface area contributed by atoms with Gasteiger partial charge in [0.2, 0.25) is 0 Å². The maximum absolute atomic E-state index is 5.71. The average Bonchev–Trinajstić information content (AvgIpc) is 2.69. The fourth-order valence-electron chi connectivity index (χ4n) is 1.84. The van der Waals surface area contributed by atoms with Gasteiger partial charge in [-0.05, 0) is 58.8 Å². The van der Waals surface area contributed by atoms with Gasteiger partial charge in [-0.3, -0.25) is 0 Å². The Kier molecular flexibility index (Phi) is 5.93. The van der Waals surface area contributed by atoms with Crippen LogP contribution in [0.2, 0.25) is 0 Å². The Morgan fingerprint density at radius 3 is 2.44 bits per heavy atom. The van der Waals surface area contributed by atoms with Gasteiger partial charge >= 0.3 is 0 Å². The highest BCUT2D eigenvalue weighted by molar-refractivity contribution is 9.10. The standard InChI is InChI=1S/C15H26BrNO/c1-6-9-17-12(10-11(2)15(3,4)5)13-7-8-14(16)18-13/h7-8,11-12,17H,6,9-10H2,1-5H3. The lowest BCUT2D eigenvalue weighted by Crippen LogP contribution is -2.27. The first-order chi connectivity index (χ1) is 8.34. The van der Waals surface area contributed by atoms with E-state index in [1.807, 2.05) is 6.07 Å². The molecule has 1 aromatic rings. The summed E-state index contributed by atoms with van der Waals surface area (Å²) in [6.45, 7) is 12.4. The first kappa shape index (κ1) is 15.8. The Morgan fingerprint density at radius 2 is 2.00 bits per heavy atom. The average molecular weight is 316 g/mol. The van der Waals surface area contributed by atoms with Crippen LogP contribution in [0.1, 0.15) is 59.3 Å². The topological polar surface area (TPSA) is 25.2 Å². The summed E-state index contributed by atoms with van der Waals surface area (Å²) >= 11 is 3.38. The van der Waals surface area contributed by atoms with Crippen molar-refractivity contribution < 1.29 is 4.42 Å². The molecule has 0 spiro atoms.